The number of methoxy groups -OCH3 is 1. The number of rotatable bonds is 8. The Morgan fingerprint density at radius 2 is 1.88 bits per heavy atom. The Morgan fingerprint density at radius 3 is 2.48 bits per heavy atom. The van der Waals surface area contributed by atoms with Gasteiger partial charge >= 0.3 is 5.97 Å². The van der Waals surface area contributed by atoms with Crippen LogP contribution in [0.2, 0.25) is 0 Å². The lowest BCUT2D eigenvalue weighted by atomic mass is 10.1. The van der Waals surface area contributed by atoms with Gasteiger partial charge in [0.1, 0.15) is 5.75 Å². The first-order chi connectivity index (χ1) is 15.7. The van der Waals surface area contributed by atoms with Gasteiger partial charge in [-0.1, -0.05) is 0 Å². The zero-order valence-electron chi connectivity index (χ0n) is 17.9. The molecule has 3 rings (SSSR count). The normalized spacial score (nSPS) is 15.2. The molecule has 11 heteroatoms. The predicted molar refractivity (Wildman–Crippen MR) is 116 cm³/mol. The Labute approximate surface area is 188 Å². The van der Waals surface area contributed by atoms with Gasteiger partial charge in [0.15, 0.2) is 12.4 Å². The van der Waals surface area contributed by atoms with E-state index in [9.17, 15) is 29.3 Å². The smallest absolute Gasteiger partial charge is 0.311 e. The van der Waals surface area contributed by atoms with Crippen molar-refractivity contribution in [3.8, 4) is 5.75 Å². The van der Waals surface area contributed by atoms with Crippen molar-refractivity contribution in [1.29, 1.82) is 0 Å². The predicted octanol–water partition coefficient (Wildman–Crippen LogP) is 2.34. The number of carbonyl (C=O) groups excluding carboxylic acids is 4. The molecule has 1 saturated heterocycles. The van der Waals surface area contributed by atoms with Gasteiger partial charge in [0, 0.05) is 30.3 Å². The summed E-state index contributed by atoms with van der Waals surface area (Å²) >= 11 is 0. The Morgan fingerprint density at radius 1 is 1.18 bits per heavy atom. The maximum atomic E-state index is 12.5. The number of Topliss-reactive ketones (excluding diaryl/α,β-unsaturated/α-hetero) is 1. The maximum Gasteiger partial charge on any atom is 0.311 e. The van der Waals surface area contributed by atoms with E-state index in [1.165, 1.54) is 37.1 Å². The zero-order valence-corrected chi connectivity index (χ0v) is 17.9. The quantitative estimate of drug-likeness (QED) is 0.276. The first-order valence-electron chi connectivity index (χ1n) is 9.90. The lowest BCUT2D eigenvalue weighted by Crippen LogP contribution is -2.28. The van der Waals surface area contributed by atoms with Crippen LogP contribution in [0.4, 0.5) is 17.1 Å². The van der Waals surface area contributed by atoms with Crippen molar-refractivity contribution in [2.45, 2.75) is 13.3 Å². The van der Waals surface area contributed by atoms with Crippen LogP contribution in [0.15, 0.2) is 42.5 Å². The number of carbonyl (C=O) groups is 4. The third kappa shape index (κ3) is 5.50. The van der Waals surface area contributed by atoms with Crippen molar-refractivity contribution in [3.63, 3.8) is 0 Å². The molecule has 1 heterocycles. The Kier molecular flexibility index (Phi) is 7.01. The molecule has 33 heavy (non-hydrogen) atoms. The lowest BCUT2D eigenvalue weighted by Gasteiger charge is -2.19. The molecule has 2 amide bonds. The van der Waals surface area contributed by atoms with Crippen LogP contribution in [0, 0.1) is 16.0 Å². The molecule has 1 aliphatic rings. The molecule has 2 aromatic rings. The lowest BCUT2D eigenvalue weighted by molar-refractivity contribution is -0.384. The van der Waals surface area contributed by atoms with Gasteiger partial charge in [-0.25, -0.2) is 0 Å². The number of non-ortho nitro benzene ring substituents is 1. The summed E-state index contributed by atoms with van der Waals surface area (Å²) in [6.07, 6.45) is -0.132. The first kappa shape index (κ1) is 23.4. The average Bonchev–Trinajstić information content (AvgIpc) is 3.18. The minimum atomic E-state index is -0.806. The number of nitrogens with one attached hydrogen (secondary N) is 1. The summed E-state index contributed by atoms with van der Waals surface area (Å²) in [5.74, 6) is -2.44. The Bertz CT molecular complexity index is 1110. The molecular formula is C22H21N3O8. The molecule has 0 radical (unpaired) electrons. The van der Waals surface area contributed by atoms with Gasteiger partial charge in [0.05, 0.1) is 29.7 Å². The SMILES string of the molecule is COc1cc([N+](=O)[O-])ccc1N1C[C@@H](C(=O)OCC(=O)Nc2ccc(C(C)=O)cc2)CC1=O. The van der Waals surface area contributed by atoms with Gasteiger partial charge in [-0.15, -0.1) is 0 Å². The second-order valence-corrected chi connectivity index (χ2v) is 7.31. The van der Waals surface area contributed by atoms with Crippen LogP contribution in [0.25, 0.3) is 0 Å². The zero-order chi connectivity index (χ0) is 24.1. The van der Waals surface area contributed by atoms with E-state index in [1.54, 1.807) is 24.3 Å². The summed E-state index contributed by atoms with van der Waals surface area (Å²) in [6, 6.07) is 10.1. The molecule has 0 aromatic heterocycles. The van der Waals surface area contributed by atoms with Crippen LogP contribution in [0.5, 0.6) is 5.75 Å². The Hall–Kier alpha value is -4.28. The molecular weight excluding hydrogens is 434 g/mol. The van der Waals surface area contributed by atoms with Crippen LogP contribution in [0.1, 0.15) is 23.7 Å². The molecule has 1 fully saturated rings. The molecule has 11 nitrogen and oxygen atoms in total. The minimum absolute atomic E-state index is 0.0139. The third-order valence-electron chi connectivity index (χ3n) is 5.04. The highest BCUT2D eigenvalue weighted by molar-refractivity contribution is 6.01. The molecule has 0 spiro atoms. The van der Waals surface area contributed by atoms with Crippen LogP contribution in [-0.2, 0) is 19.1 Å². The summed E-state index contributed by atoms with van der Waals surface area (Å²) in [5.41, 5.74) is 1.04. The van der Waals surface area contributed by atoms with Crippen LogP contribution < -0.4 is 15.0 Å². The number of nitro benzene ring substituents is 1. The van der Waals surface area contributed by atoms with E-state index in [4.69, 9.17) is 9.47 Å². The van der Waals surface area contributed by atoms with Crippen molar-refractivity contribution in [2.24, 2.45) is 5.92 Å². The van der Waals surface area contributed by atoms with Crippen molar-refractivity contribution in [1.82, 2.24) is 0 Å². The van der Waals surface area contributed by atoms with Crippen LogP contribution in [0.3, 0.4) is 0 Å². The fraction of sp³-hybridized carbons (Fsp3) is 0.273. The van der Waals surface area contributed by atoms with Gasteiger partial charge in [-0.2, -0.15) is 0 Å². The molecule has 0 unspecified atom stereocenters. The molecule has 2 aromatic carbocycles. The number of ketones is 1. The van der Waals surface area contributed by atoms with E-state index in [1.807, 2.05) is 0 Å². The number of amides is 2. The molecule has 0 saturated carbocycles. The monoisotopic (exact) mass is 455 g/mol. The number of esters is 1. The highest BCUT2D eigenvalue weighted by Crippen LogP contribution is 2.35. The molecule has 172 valence electrons. The first-order valence-corrected chi connectivity index (χ1v) is 9.90. The largest absolute Gasteiger partial charge is 0.494 e. The summed E-state index contributed by atoms with van der Waals surface area (Å²) in [6.45, 7) is 0.873. The number of hydrogen-bond acceptors (Lipinski definition) is 8. The highest BCUT2D eigenvalue weighted by atomic mass is 16.6. The number of ether oxygens (including phenoxy) is 2. The summed E-state index contributed by atoms with van der Waals surface area (Å²) in [5, 5.41) is 13.5. The van der Waals surface area contributed by atoms with Crippen molar-refractivity contribution < 1.29 is 33.6 Å². The topological polar surface area (TPSA) is 145 Å². The van der Waals surface area contributed by atoms with Gasteiger partial charge in [-0.3, -0.25) is 29.3 Å². The summed E-state index contributed by atoms with van der Waals surface area (Å²) in [7, 11) is 1.32. The maximum absolute atomic E-state index is 12.5. The molecule has 0 bridgehead atoms. The molecule has 1 atom stereocenters. The van der Waals surface area contributed by atoms with E-state index in [0.29, 0.717) is 16.9 Å². The standard InChI is InChI=1S/C22H21N3O8/c1-13(26)14-3-5-16(6-4-14)23-20(27)12-33-22(29)15-9-21(28)24(11-15)18-8-7-17(25(30)31)10-19(18)32-2/h3-8,10,15H,9,11-12H2,1-2H3,(H,23,27)/t15-/m0/s1. The van der Waals surface area contributed by atoms with E-state index >= 15 is 0 Å². The van der Waals surface area contributed by atoms with Gasteiger partial charge < -0.3 is 19.7 Å². The second-order valence-electron chi connectivity index (χ2n) is 7.31. The average molecular weight is 455 g/mol. The molecule has 1 aliphatic heterocycles. The van der Waals surface area contributed by atoms with Crippen LogP contribution >= 0.6 is 0 Å². The van der Waals surface area contributed by atoms with E-state index in [-0.39, 0.29) is 36.1 Å². The van der Waals surface area contributed by atoms with E-state index < -0.39 is 29.3 Å². The highest BCUT2D eigenvalue weighted by Gasteiger charge is 2.37. The van der Waals surface area contributed by atoms with Crippen LogP contribution in [-0.4, -0.2) is 48.8 Å². The Balaban J connectivity index is 1.57. The van der Waals surface area contributed by atoms with E-state index in [2.05, 4.69) is 5.32 Å². The third-order valence-corrected chi connectivity index (χ3v) is 5.04. The van der Waals surface area contributed by atoms with Gasteiger partial charge in [0.2, 0.25) is 5.91 Å². The van der Waals surface area contributed by atoms with Crippen molar-refractivity contribution >= 4 is 40.6 Å². The number of anilines is 2. The fourth-order valence-corrected chi connectivity index (χ4v) is 3.34. The summed E-state index contributed by atoms with van der Waals surface area (Å²) < 4.78 is 10.2. The van der Waals surface area contributed by atoms with Gasteiger partial charge in [-0.05, 0) is 37.3 Å². The summed E-state index contributed by atoms with van der Waals surface area (Å²) in [4.78, 5) is 59.9. The van der Waals surface area contributed by atoms with Crippen molar-refractivity contribution in [2.75, 3.05) is 30.5 Å². The minimum Gasteiger partial charge on any atom is -0.494 e. The molecule has 1 N–H and O–H groups in total. The number of benzene rings is 2. The molecule has 0 aliphatic carbocycles. The fourth-order valence-electron chi connectivity index (χ4n) is 3.34. The second kappa shape index (κ2) is 9.90. The van der Waals surface area contributed by atoms with E-state index in [0.717, 1.165) is 0 Å². The van der Waals surface area contributed by atoms with Crippen molar-refractivity contribution in [3.05, 3.63) is 58.1 Å². The number of nitro groups is 1. The van der Waals surface area contributed by atoms with Gasteiger partial charge in [0.25, 0.3) is 11.6 Å². The number of nitrogens with zero attached hydrogens (tertiary/aromatic N) is 2. The number of hydrogen-bond donors (Lipinski definition) is 1.